The van der Waals surface area contributed by atoms with Crippen molar-refractivity contribution >= 4 is 5.97 Å². The molecule has 0 aliphatic heterocycles. The van der Waals surface area contributed by atoms with Crippen molar-refractivity contribution in [1.82, 2.24) is 0 Å². The highest BCUT2D eigenvalue weighted by Gasteiger charge is 2.42. The van der Waals surface area contributed by atoms with E-state index in [-0.39, 0.29) is 17.6 Å². The SMILES string of the molecule is CCOC(=O)CC1(N)CC(OC)C1. The van der Waals surface area contributed by atoms with Gasteiger partial charge in [-0.15, -0.1) is 0 Å². The average Bonchev–Trinajstić information content (AvgIpc) is 2.00. The molecule has 76 valence electrons. The summed E-state index contributed by atoms with van der Waals surface area (Å²) in [5.41, 5.74) is 5.54. The lowest BCUT2D eigenvalue weighted by atomic mass is 9.73. The van der Waals surface area contributed by atoms with E-state index < -0.39 is 0 Å². The molecule has 0 aromatic carbocycles. The molecular weight excluding hydrogens is 170 g/mol. The molecule has 1 aliphatic rings. The first kappa shape index (κ1) is 10.5. The molecule has 0 saturated heterocycles. The van der Waals surface area contributed by atoms with Crippen LogP contribution in [-0.4, -0.2) is 31.3 Å². The zero-order valence-electron chi connectivity index (χ0n) is 8.21. The molecule has 0 spiro atoms. The quantitative estimate of drug-likeness (QED) is 0.649. The smallest absolute Gasteiger partial charge is 0.307 e. The fourth-order valence-electron chi connectivity index (χ4n) is 1.66. The monoisotopic (exact) mass is 187 g/mol. The van der Waals surface area contributed by atoms with Gasteiger partial charge in [0.25, 0.3) is 0 Å². The van der Waals surface area contributed by atoms with E-state index in [9.17, 15) is 4.79 Å². The van der Waals surface area contributed by atoms with Crippen LogP contribution >= 0.6 is 0 Å². The fourth-order valence-corrected chi connectivity index (χ4v) is 1.66. The zero-order chi connectivity index (χ0) is 9.90. The lowest BCUT2D eigenvalue weighted by molar-refractivity contribution is -0.147. The van der Waals surface area contributed by atoms with E-state index in [0.717, 1.165) is 12.8 Å². The molecule has 13 heavy (non-hydrogen) atoms. The Balaban J connectivity index is 2.26. The van der Waals surface area contributed by atoms with Crippen LogP contribution in [0.15, 0.2) is 0 Å². The molecule has 0 amide bonds. The van der Waals surface area contributed by atoms with Gasteiger partial charge >= 0.3 is 5.97 Å². The summed E-state index contributed by atoms with van der Waals surface area (Å²) in [6.45, 7) is 2.21. The fraction of sp³-hybridized carbons (Fsp3) is 0.889. The Kier molecular flexibility index (Phi) is 3.27. The average molecular weight is 187 g/mol. The molecular formula is C9H17NO3. The Bertz CT molecular complexity index is 187. The first-order chi connectivity index (χ1) is 6.09. The standard InChI is InChI=1S/C9H17NO3/c1-3-13-8(11)6-9(10)4-7(5-9)12-2/h7H,3-6,10H2,1-2H3. The number of nitrogens with two attached hydrogens (primary N) is 1. The van der Waals surface area contributed by atoms with Crippen LogP contribution in [0.4, 0.5) is 0 Å². The van der Waals surface area contributed by atoms with Crippen LogP contribution in [0.2, 0.25) is 0 Å². The Morgan fingerprint density at radius 1 is 1.62 bits per heavy atom. The number of hydrogen-bond acceptors (Lipinski definition) is 4. The molecule has 1 aliphatic carbocycles. The van der Waals surface area contributed by atoms with Gasteiger partial charge in [0, 0.05) is 12.6 Å². The lowest BCUT2D eigenvalue weighted by Gasteiger charge is -2.43. The molecule has 1 rings (SSSR count). The Morgan fingerprint density at radius 2 is 2.23 bits per heavy atom. The predicted octanol–water partition coefficient (Wildman–Crippen LogP) is 0.446. The number of esters is 1. The Hall–Kier alpha value is -0.610. The van der Waals surface area contributed by atoms with E-state index in [1.807, 2.05) is 0 Å². The number of rotatable bonds is 4. The molecule has 0 aromatic heterocycles. The van der Waals surface area contributed by atoms with E-state index in [1.165, 1.54) is 0 Å². The number of methoxy groups -OCH3 is 1. The molecule has 0 radical (unpaired) electrons. The first-order valence-corrected chi connectivity index (χ1v) is 4.57. The molecule has 0 atom stereocenters. The van der Waals surface area contributed by atoms with E-state index in [2.05, 4.69) is 0 Å². The van der Waals surface area contributed by atoms with E-state index in [1.54, 1.807) is 14.0 Å². The van der Waals surface area contributed by atoms with Crippen molar-refractivity contribution in [3.8, 4) is 0 Å². The molecule has 1 fully saturated rings. The van der Waals surface area contributed by atoms with E-state index in [0.29, 0.717) is 13.0 Å². The van der Waals surface area contributed by atoms with E-state index in [4.69, 9.17) is 15.2 Å². The highest BCUT2D eigenvalue weighted by atomic mass is 16.5. The number of carbonyl (C=O) groups is 1. The normalized spacial score (nSPS) is 32.4. The number of ether oxygens (including phenoxy) is 2. The highest BCUT2D eigenvalue weighted by molar-refractivity contribution is 5.71. The maximum absolute atomic E-state index is 11.1. The van der Waals surface area contributed by atoms with Gasteiger partial charge in [-0.2, -0.15) is 0 Å². The summed E-state index contributed by atoms with van der Waals surface area (Å²) in [5, 5.41) is 0. The minimum atomic E-state index is -0.382. The second-order valence-corrected chi connectivity index (χ2v) is 3.61. The maximum Gasteiger partial charge on any atom is 0.307 e. The number of hydrogen-bond donors (Lipinski definition) is 1. The Labute approximate surface area is 78.4 Å². The largest absolute Gasteiger partial charge is 0.466 e. The summed E-state index contributed by atoms with van der Waals surface area (Å²) in [6.07, 6.45) is 2.03. The molecule has 0 heterocycles. The minimum Gasteiger partial charge on any atom is -0.466 e. The summed E-state index contributed by atoms with van der Waals surface area (Å²) in [4.78, 5) is 11.1. The van der Waals surface area contributed by atoms with Gasteiger partial charge in [0.15, 0.2) is 0 Å². The lowest BCUT2D eigenvalue weighted by Crippen LogP contribution is -2.56. The van der Waals surface area contributed by atoms with Crippen LogP contribution in [-0.2, 0) is 14.3 Å². The van der Waals surface area contributed by atoms with Crippen LogP contribution in [0.5, 0.6) is 0 Å². The van der Waals surface area contributed by atoms with Crippen molar-refractivity contribution in [2.75, 3.05) is 13.7 Å². The van der Waals surface area contributed by atoms with Crippen LogP contribution in [0.1, 0.15) is 26.2 Å². The van der Waals surface area contributed by atoms with Crippen molar-refractivity contribution in [3.05, 3.63) is 0 Å². The molecule has 4 heteroatoms. The second-order valence-electron chi connectivity index (χ2n) is 3.61. The summed E-state index contributed by atoms with van der Waals surface area (Å²) in [7, 11) is 1.66. The summed E-state index contributed by atoms with van der Waals surface area (Å²) in [6, 6.07) is 0. The van der Waals surface area contributed by atoms with Crippen molar-refractivity contribution in [1.29, 1.82) is 0 Å². The van der Waals surface area contributed by atoms with Crippen LogP contribution in [0, 0.1) is 0 Å². The van der Waals surface area contributed by atoms with Crippen molar-refractivity contribution in [3.63, 3.8) is 0 Å². The maximum atomic E-state index is 11.1. The van der Waals surface area contributed by atoms with Crippen molar-refractivity contribution < 1.29 is 14.3 Å². The van der Waals surface area contributed by atoms with Crippen molar-refractivity contribution in [2.24, 2.45) is 5.73 Å². The zero-order valence-corrected chi connectivity index (χ0v) is 8.21. The van der Waals surface area contributed by atoms with Gasteiger partial charge in [0.05, 0.1) is 19.1 Å². The van der Waals surface area contributed by atoms with Gasteiger partial charge < -0.3 is 15.2 Å². The van der Waals surface area contributed by atoms with E-state index >= 15 is 0 Å². The molecule has 0 unspecified atom stereocenters. The van der Waals surface area contributed by atoms with Gasteiger partial charge in [-0.25, -0.2) is 0 Å². The minimum absolute atomic E-state index is 0.209. The third-order valence-electron chi connectivity index (χ3n) is 2.40. The van der Waals surface area contributed by atoms with Crippen LogP contribution in [0.3, 0.4) is 0 Å². The topological polar surface area (TPSA) is 61.5 Å². The Morgan fingerprint density at radius 3 is 2.69 bits per heavy atom. The van der Waals surface area contributed by atoms with Gasteiger partial charge in [-0.05, 0) is 19.8 Å². The van der Waals surface area contributed by atoms with Gasteiger partial charge in [0.1, 0.15) is 0 Å². The highest BCUT2D eigenvalue weighted by Crippen LogP contribution is 2.34. The second kappa shape index (κ2) is 4.07. The molecule has 1 saturated carbocycles. The third-order valence-corrected chi connectivity index (χ3v) is 2.40. The van der Waals surface area contributed by atoms with Crippen LogP contribution in [0.25, 0.3) is 0 Å². The predicted molar refractivity (Wildman–Crippen MR) is 48.2 cm³/mol. The summed E-state index contributed by atoms with van der Waals surface area (Å²) < 4.78 is 9.91. The van der Waals surface area contributed by atoms with Crippen molar-refractivity contribution in [2.45, 2.75) is 37.8 Å². The first-order valence-electron chi connectivity index (χ1n) is 4.57. The number of carbonyl (C=O) groups excluding carboxylic acids is 1. The molecule has 4 nitrogen and oxygen atoms in total. The third kappa shape index (κ3) is 2.67. The molecule has 2 N–H and O–H groups in total. The van der Waals surface area contributed by atoms with Gasteiger partial charge in [-0.1, -0.05) is 0 Å². The summed E-state index contributed by atoms with van der Waals surface area (Å²) >= 11 is 0. The summed E-state index contributed by atoms with van der Waals surface area (Å²) in [5.74, 6) is -0.209. The van der Waals surface area contributed by atoms with Crippen LogP contribution < -0.4 is 5.73 Å². The molecule has 0 bridgehead atoms. The van der Waals surface area contributed by atoms with Gasteiger partial charge in [-0.3, -0.25) is 4.79 Å². The van der Waals surface area contributed by atoms with Gasteiger partial charge in [0.2, 0.25) is 0 Å². The molecule has 0 aromatic rings.